The zero-order valence-corrected chi connectivity index (χ0v) is 23.3. The van der Waals surface area contributed by atoms with Crippen molar-refractivity contribution in [2.75, 3.05) is 44.6 Å². The van der Waals surface area contributed by atoms with Crippen LogP contribution in [0.5, 0.6) is 5.75 Å². The average Bonchev–Trinajstić information content (AvgIpc) is 2.92. The number of methoxy groups -OCH3 is 2. The van der Waals surface area contributed by atoms with Crippen LogP contribution in [0.3, 0.4) is 0 Å². The smallest absolute Gasteiger partial charge is 0.405 e. The van der Waals surface area contributed by atoms with E-state index in [-0.39, 0.29) is 29.7 Å². The summed E-state index contributed by atoms with van der Waals surface area (Å²) in [5.74, 6) is 2.21. The van der Waals surface area contributed by atoms with E-state index in [4.69, 9.17) is 9.47 Å². The van der Waals surface area contributed by atoms with E-state index in [0.717, 1.165) is 19.3 Å². The molecule has 222 valence electrons. The molecule has 4 saturated carbocycles. The summed E-state index contributed by atoms with van der Waals surface area (Å²) in [5, 5.41) is 20.0. The van der Waals surface area contributed by atoms with Crippen LogP contribution in [0.4, 0.5) is 24.9 Å². The third-order valence-electron chi connectivity index (χ3n) is 8.74. The molecule has 9 nitrogen and oxygen atoms in total. The number of hydrogen-bond acceptors (Lipinski definition) is 9. The second kappa shape index (κ2) is 12.4. The van der Waals surface area contributed by atoms with E-state index in [1.807, 2.05) is 0 Å². The highest BCUT2D eigenvalue weighted by atomic mass is 19.4. The summed E-state index contributed by atoms with van der Waals surface area (Å²) in [6.45, 7) is 1.95. The second-order valence-electron chi connectivity index (χ2n) is 11.7. The van der Waals surface area contributed by atoms with E-state index in [9.17, 15) is 18.4 Å². The number of nitriles is 1. The summed E-state index contributed by atoms with van der Waals surface area (Å²) in [6, 6.07) is 8.67. The van der Waals surface area contributed by atoms with Gasteiger partial charge in [0.15, 0.2) is 0 Å². The third-order valence-corrected chi connectivity index (χ3v) is 8.74. The molecule has 1 aromatic heterocycles. The Labute approximate surface area is 238 Å². The van der Waals surface area contributed by atoms with Gasteiger partial charge in [0.2, 0.25) is 5.95 Å². The summed E-state index contributed by atoms with van der Waals surface area (Å²) in [5.41, 5.74) is 0.760. The van der Waals surface area contributed by atoms with Crippen molar-refractivity contribution in [2.45, 2.75) is 57.1 Å². The van der Waals surface area contributed by atoms with Gasteiger partial charge < -0.3 is 30.2 Å². The molecule has 3 N–H and O–H groups in total. The number of para-hydroxylation sites is 1. The molecule has 0 radical (unpaired) electrons. The Kier molecular flexibility index (Phi) is 8.87. The molecule has 4 fully saturated rings. The normalized spacial score (nSPS) is 26.7. The maximum absolute atomic E-state index is 12.8. The molecule has 4 aliphatic carbocycles. The minimum absolute atomic E-state index is 0.0219. The first-order valence-electron chi connectivity index (χ1n) is 14.0. The number of alkyl halides is 3. The first kappa shape index (κ1) is 29.4. The van der Waals surface area contributed by atoms with E-state index in [0.29, 0.717) is 60.5 Å². The number of nitrogens with one attached hydrogen (secondary N) is 3. The quantitative estimate of drug-likeness (QED) is 0.313. The maximum atomic E-state index is 12.8. The number of anilines is 2. The van der Waals surface area contributed by atoms with Crippen LogP contribution < -0.4 is 20.7 Å². The lowest BCUT2D eigenvalue weighted by Crippen LogP contribution is -2.62. The van der Waals surface area contributed by atoms with E-state index < -0.39 is 6.36 Å². The van der Waals surface area contributed by atoms with Crippen molar-refractivity contribution in [3.63, 3.8) is 0 Å². The molecule has 0 saturated heterocycles. The van der Waals surface area contributed by atoms with Gasteiger partial charge in [-0.1, -0.05) is 18.2 Å². The van der Waals surface area contributed by atoms with Crippen LogP contribution in [0.15, 0.2) is 30.5 Å². The third kappa shape index (κ3) is 7.02. The molecule has 6 rings (SSSR count). The summed E-state index contributed by atoms with van der Waals surface area (Å²) < 4.78 is 53.3. The molecule has 0 aliphatic heterocycles. The first-order valence-corrected chi connectivity index (χ1v) is 14.0. The molecular weight excluding hydrogens is 537 g/mol. The Bertz CT molecular complexity index is 1220. The van der Waals surface area contributed by atoms with Gasteiger partial charge in [0, 0.05) is 38.9 Å². The summed E-state index contributed by atoms with van der Waals surface area (Å²) >= 11 is 0. The van der Waals surface area contributed by atoms with Crippen LogP contribution in [0.25, 0.3) is 0 Å². The molecule has 0 amide bonds. The van der Waals surface area contributed by atoms with Gasteiger partial charge in [0.25, 0.3) is 0 Å². The standard InChI is InChI=1S/C29H37F3N6O3/c1-39-15-23(16-40-2)37-25-20-7-18-8-21(25)11-28(9-18,10-20)17-36-26-22(12-33)14-35-27(38-26)34-13-19-5-3-4-6-24(19)41-29(30,31)32/h3-6,14,18,20-21,23,25,37H,7-11,13,15-17H2,1-2H3,(H2,34,35,36,38)/t18?,20-,21+,25?,28?. The molecule has 2 aromatic rings. The lowest BCUT2D eigenvalue weighted by molar-refractivity contribution is -0.274. The maximum Gasteiger partial charge on any atom is 0.573 e. The van der Waals surface area contributed by atoms with Crippen molar-refractivity contribution in [1.82, 2.24) is 15.3 Å². The number of rotatable bonds is 13. The highest BCUT2D eigenvalue weighted by molar-refractivity contribution is 5.53. The Morgan fingerprint density at radius 3 is 2.44 bits per heavy atom. The molecule has 3 unspecified atom stereocenters. The molecule has 5 atom stereocenters. The zero-order chi connectivity index (χ0) is 29.0. The average molecular weight is 575 g/mol. The van der Waals surface area contributed by atoms with Crippen LogP contribution in [-0.2, 0) is 16.0 Å². The number of hydrogen-bond donors (Lipinski definition) is 3. The lowest BCUT2D eigenvalue weighted by Gasteiger charge is -2.60. The Morgan fingerprint density at radius 1 is 1.07 bits per heavy atom. The molecular formula is C29H37F3N6O3. The number of nitrogens with zero attached hydrogens (tertiary/aromatic N) is 3. The van der Waals surface area contributed by atoms with Crippen LogP contribution in [-0.4, -0.2) is 62.4 Å². The molecule has 4 aliphatic rings. The van der Waals surface area contributed by atoms with Crippen molar-refractivity contribution in [3.8, 4) is 11.8 Å². The van der Waals surface area contributed by atoms with Gasteiger partial charge >= 0.3 is 6.36 Å². The fourth-order valence-electron chi connectivity index (χ4n) is 7.50. The van der Waals surface area contributed by atoms with Crippen LogP contribution in [0.2, 0.25) is 0 Å². The Morgan fingerprint density at radius 2 is 1.78 bits per heavy atom. The zero-order valence-electron chi connectivity index (χ0n) is 23.3. The van der Waals surface area contributed by atoms with Crippen molar-refractivity contribution >= 4 is 11.8 Å². The Hall–Kier alpha value is -3.14. The van der Waals surface area contributed by atoms with Crippen molar-refractivity contribution in [2.24, 2.45) is 23.2 Å². The number of halogens is 3. The molecule has 4 bridgehead atoms. The van der Waals surface area contributed by atoms with Gasteiger partial charge in [0.1, 0.15) is 23.2 Å². The van der Waals surface area contributed by atoms with Gasteiger partial charge in [-0.15, -0.1) is 13.2 Å². The van der Waals surface area contributed by atoms with Crippen LogP contribution in [0, 0.1) is 34.5 Å². The molecule has 0 spiro atoms. The van der Waals surface area contributed by atoms with E-state index in [2.05, 4.69) is 36.7 Å². The minimum Gasteiger partial charge on any atom is -0.405 e. The number of aromatic nitrogens is 2. The number of ether oxygens (including phenoxy) is 3. The van der Waals surface area contributed by atoms with Crippen LogP contribution in [0.1, 0.15) is 43.2 Å². The summed E-state index contributed by atoms with van der Waals surface area (Å²) in [6.07, 6.45) is 2.46. The van der Waals surface area contributed by atoms with Crippen molar-refractivity contribution < 1.29 is 27.4 Å². The SMILES string of the molecule is COCC(COC)NC1[C@@H]2CC3C[C@H]1CC(CNc1nc(NCc4ccccc4OC(F)(F)F)ncc1C#N)(C3)C2. The topological polar surface area (TPSA) is 113 Å². The van der Waals surface area contributed by atoms with Crippen molar-refractivity contribution in [3.05, 3.63) is 41.6 Å². The molecule has 12 heteroatoms. The largest absolute Gasteiger partial charge is 0.573 e. The fourth-order valence-corrected chi connectivity index (χ4v) is 7.50. The van der Waals surface area contributed by atoms with Gasteiger partial charge in [-0.05, 0) is 61.3 Å². The first-order chi connectivity index (χ1) is 19.7. The predicted molar refractivity (Wildman–Crippen MR) is 146 cm³/mol. The summed E-state index contributed by atoms with van der Waals surface area (Å²) in [7, 11) is 3.43. The van der Waals surface area contributed by atoms with Crippen LogP contribution >= 0.6 is 0 Å². The van der Waals surface area contributed by atoms with Crippen molar-refractivity contribution in [1.29, 1.82) is 5.26 Å². The minimum atomic E-state index is -4.79. The van der Waals surface area contributed by atoms with Gasteiger partial charge in [0.05, 0.1) is 25.5 Å². The summed E-state index contributed by atoms with van der Waals surface area (Å²) in [4.78, 5) is 8.71. The molecule has 1 aromatic carbocycles. The predicted octanol–water partition coefficient (Wildman–Crippen LogP) is 4.72. The second-order valence-corrected chi connectivity index (χ2v) is 11.7. The highest BCUT2D eigenvalue weighted by Gasteiger charge is 2.55. The molecule has 41 heavy (non-hydrogen) atoms. The van der Waals surface area contributed by atoms with Gasteiger partial charge in [-0.25, -0.2) is 4.98 Å². The van der Waals surface area contributed by atoms with Gasteiger partial charge in [-0.3, -0.25) is 0 Å². The highest BCUT2D eigenvalue weighted by Crippen LogP contribution is 2.60. The molecule has 1 heterocycles. The monoisotopic (exact) mass is 574 g/mol. The number of benzene rings is 1. The van der Waals surface area contributed by atoms with Gasteiger partial charge in [-0.2, -0.15) is 10.2 Å². The lowest BCUT2D eigenvalue weighted by atomic mass is 9.48. The van der Waals surface area contributed by atoms with E-state index >= 15 is 0 Å². The fraction of sp³-hybridized carbons (Fsp3) is 0.621. The Balaban J connectivity index is 1.24. The van der Waals surface area contributed by atoms with E-state index in [1.54, 1.807) is 26.4 Å². The van der Waals surface area contributed by atoms with E-state index in [1.165, 1.54) is 31.2 Å².